The number of esters is 2. The van der Waals surface area contributed by atoms with Gasteiger partial charge in [-0.1, -0.05) is 5.04 Å². The molecule has 24 heteroatoms. The third-order valence-corrected chi connectivity index (χ3v) is 4.87. The van der Waals surface area contributed by atoms with E-state index in [1.165, 1.54) is 0 Å². The van der Waals surface area contributed by atoms with Gasteiger partial charge in [0.1, 0.15) is 0 Å². The van der Waals surface area contributed by atoms with Crippen LogP contribution in [-0.4, -0.2) is 84.5 Å². The van der Waals surface area contributed by atoms with Gasteiger partial charge in [-0.15, -0.1) is 4.33 Å². The molecule has 7 nitrogen and oxygen atoms in total. The third-order valence-electron chi connectivity index (χ3n) is 4.18. The molecule has 0 saturated carbocycles. The minimum atomic E-state index is -7.92. The average Bonchev–Trinajstić information content (AvgIpc) is 2.80. The van der Waals surface area contributed by atoms with E-state index in [-0.39, 0.29) is 12.0 Å². The lowest BCUT2D eigenvalue weighted by atomic mass is 9.94. The number of ether oxygens (including phenoxy) is 2. The van der Waals surface area contributed by atoms with Crippen LogP contribution < -0.4 is 0 Å². The Morgan fingerprint density at radius 2 is 1.23 bits per heavy atom. The molecule has 0 bridgehead atoms. The lowest BCUT2D eigenvalue weighted by Gasteiger charge is -2.38. The molecule has 0 radical (unpaired) electrons. The quantitative estimate of drug-likeness (QED) is 0.0558. The first-order valence-electron chi connectivity index (χ1n) is 9.08. The van der Waals surface area contributed by atoms with E-state index in [4.69, 9.17) is 5.26 Å². The van der Waals surface area contributed by atoms with Crippen molar-refractivity contribution < 1.29 is 104 Å². The van der Waals surface area contributed by atoms with Crippen molar-refractivity contribution in [3.63, 3.8) is 0 Å². The molecule has 0 aromatic rings. The molecule has 0 aliphatic heterocycles. The Morgan fingerprint density at radius 1 is 0.718 bits per heavy atom. The van der Waals surface area contributed by atoms with Gasteiger partial charge in [-0.2, -0.15) is 52.7 Å². The molecule has 0 rings (SSSR count). The lowest BCUT2D eigenvalue weighted by molar-refractivity contribution is -0.432. The molecule has 0 heterocycles. The summed E-state index contributed by atoms with van der Waals surface area (Å²) in [5.74, 6) is -50.2. The molecule has 0 saturated heterocycles. The van der Waals surface area contributed by atoms with E-state index in [0.717, 1.165) is 0 Å². The SMILES string of the molecule is O=C(CC(CSOOO)C(=O)OCC(F)(F)C(F)(F)C(F)(F)C(F)(F)C(F)(F)C(F)F)OCC(F)(F)C(F)F. The van der Waals surface area contributed by atoms with Gasteiger partial charge in [-0.3, -0.25) is 9.59 Å². The summed E-state index contributed by atoms with van der Waals surface area (Å²) in [6.45, 7) is -5.67. The third kappa shape index (κ3) is 8.28. The van der Waals surface area contributed by atoms with Crippen LogP contribution >= 0.6 is 12.0 Å². The van der Waals surface area contributed by atoms with E-state index in [1.54, 1.807) is 0 Å². The van der Waals surface area contributed by atoms with Gasteiger partial charge in [-0.05, 0) is 0 Å². The summed E-state index contributed by atoms with van der Waals surface area (Å²) in [6.07, 6.45) is -11.7. The van der Waals surface area contributed by atoms with Crippen LogP contribution in [0.4, 0.5) is 70.2 Å². The van der Waals surface area contributed by atoms with Crippen molar-refractivity contribution in [2.75, 3.05) is 19.0 Å². The van der Waals surface area contributed by atoms with E-state index in [1.807, 2.05) is 0 Å². The highest BCUT2D eigenvalue weighted by molar-refractivity contribution is 7.94. The summed E-state index contributed by atoms with van der Waals surface area (Å²) in [5, 5.41) is 10.9. The first-order valence-corrected chi connectivity index (χ1v) is 9.99. The first-order chi connectivity index (χ1) is 17.3. The van der Waals surface area contributed by atoms with Gasteiger partial charge < -0.3 is 9.47 Å². The van der Waals surface area contributed by atoms with Crippen molar-refractivity contribution in [3.8, 4) is 0 Å². The maximum atomic E-state index is 13.7. The van der Waals surface area contributed by atoms with E-state index in [0.29, 0.717) is 0 Å². The minimum Gasteiger partial charge on any atom is -0.459 e. The fourth-order valence-corrected chi connectivity index (χ4v) is 2.50. The van der Waals surface area contributed by atoms with Crippen LogP contribution in [-0.2, 0) is 28.4 Å². The predicted molar refractivity (Wildman–Crippen MR) is 89.0 cm³/mol. The predicted octanol–water partition coefficient (Wildman–Crippen LogP) is 5.49. The molecule has 0 aliphatic rings. The van der Waals surface area contributed by atoms with Crippen LogP contribution in [0.2, 0.25) is 0 Å². The summed E-state index contributed by atoms with van der Waals surface area (Å²) in [4.78, 5) is 23.3. The summed E-state index contributed by atoms with van der Waals surface area (Å²) >= 11 is -0.246. The number of carbonyl (C=O) groups is 2. The number of halogens is 16. The van der Waals surface area contributed by atoms with Gasteiger partial charge in [0.2, 0.25) is 0 Å². The van der Waals surface area contributed by atoms with Crippen LogP contribution in [0.1, 0.15) is 6.42 Å². The zero-order valence-corrected chi connectivity index (χ0v) is 18.7. The summed E-state index contributed by atoms with van der Waals surface area (Å²) in [6, 6.07) is 0. The van der Waals surface area contributed by atoms with Gasteiger partial charge in [0, 0.05) is 17.8 Å². The van der Waals surface area contributed by atoms with Gasteiger partial charge in [0.25, 0.3) is 0 Å². The number of alkyl halides is 16. The van der Waals surface area contributed by atoms with Gasteiger partial charge in [0.05, 0.1) is 12.3 Å². The van der Waals surface area contributed by atoms with Crippen molar-refractivity contribution in [3.05, 3.63) is 0 Å². The molecular formula is C15H12F16O7S. The molecule has 0 aromatic carbocycles. The highest BCUT2D eigenvalue weighted by Gasteiger charge is 2.87. The molecule has 0 spiro atoms. The Labute approximate surface area is 208 Å². The van der Waals surface area contributed by atoms with Crippen LogP contribution in [0.3, 0.4) is 0 Å². The summed E-state index contributed by atoms with van der Waals surface area (Å²) < 4.78 is 218. The number of rotatable bonds is 17. The monoisotopic (exact) mass is 640 g/mol. The van der Waals surface area contributed by atoms with Crippen LogP contribution in [0.25, 0.3) is 0 Å². The molecule has 1 N–H and O–H groups in total. The van der Waals surface area contributed by atoms with Gasteiger partial charge >= 0.3 is 60.3 Å². The topological polar surface area (TPSA) is 91.3 Å². The molecule has 1 atom stereocenters. The Bertz CT molecular complexity index is 826. The molecule has 232 valence electrons. The normalized spacial score (nSPS) is 15.1. The molecule has 0 aromatic heterocycles. The number of hydrogen-bond acceptors (Lipinski definition) is 8. The largest absolute Gasteiger partial charge is 0.459 e. The second-order valence-corrected chi connectivity index (χ2v) is 7.71. The molecule has 0 fully saturated rings. The molecule has 0 amide bonds. The fraction of sp³-hybridized carbons (Fsp3) is 0.867. The average molecular weight is 640 g/mol. The Hall–Kier alpha value is -1.95. The Morgan fingerprint density at radius 3 is 1.67 bits per heavy atom. The standard InChI is InChI=1S/C15H12F16O7S/c16-8(17)10(20,21)3-35-6(32)1-5(2-39-38-37-34)7(33)36-4-11(22,23)13(26,27)15(30,31)14(28,29)12(24,25)9(18)19/h5,8-9,34H,1-4H2. The van der Waals surface area contributed by atoms with Crippen molar-refractivity contribution >= 4 is 24.0 Å². The Kier molecular flexibility index (Phi) is 12.5. The molecule has 0 aliphatic carbocycles. The zero-order valence-electron chi connectivity index (χ0n) is 17.9. The molecule has 1 unspecified atom stereocenters. The van der Waals surface area contributed by atoms with E-state index in [2.05, 4.69) is 18.8 Å². The lowest BCUT2D eigenvalue weighted by Crippen LogP contribution is -2.69. The number of carbonyl (C=O) groups excluding carboxylic acids is 2. The summed E-state index contributed by atoms with van der Waals surface area (Å²) in [7, 11) is 0. The van der Waals surface area contributed by atoms with Crippen molar-refractivity contribution in [1.82, 2.24) is 0 Å². The molecule has 39 heavy (non-hydrogen) atoms. The van der Waals surface area contributed by atoms with Crippen molar-refractivity contribution in [1.29, 1.82) is 0 Å². The fourth-order valence-electron chi connectivity index (χ4n) is 1.99. The van der Waals surface area contributed by atoms with Gasteiger partial charge in [-0.25, -0.2) is 22.8 Å². The highest BCUT2D eigenvalue weighted by atomic mass is 32.2. The van der Waals surface area contributed by atoms with Crippen molar-refractivity contribution in [2.24, 2.45) is 5.92 Å². The zero-order chi connectivity index (χ0) is 31.3. The van der Waals surface area contributed by atoms with E-state index in [9.17, 15) is 79.8 Å². The van der Waals surface area contributed by atoms with Crippen LogP contribution in [0, 0.1) is 5.92 Å². The second-order valence-electron chi connectivity index (χ2n) is 7.01. The van der Waals surface area contributed by atoms with Crippen LogP contribution in [0.15, 0.2) is 0 Å². The highest BCUT2D eigenvalue weighted by Crippen LogP contribution is 2.58. The van der Waals surface area contributed by atoms with Crippen LogP contribution in [0.5, 0.6) is 0 Å². The number of hydrogen-bond donors (Lipinski definition) is 1. The summed E-state index contributed by atoms with van der Waals surface area (Å²) in [5.41, 5.74) is 0. The first kappa shape index (κ1) is 37.0. The Balaban J connectivity index is 5.74. The van der Waals surface area contributed by atoms with E-state index < -0.39 is 91.6 Å². The smallest absolute Gasteiger partial charge is 0.384 e. The van der Waals surface area contributed by atoms with Crippen molar-refractivity contribution in [2.45, 2.75) is 54.8 Å². The minimum absolute atomic E-state index is 0.246. The maximum Gasteiger partial charge on any atom is 0.384 e. The molecular weight excluding hydrogens is 628 g/mol. The maximum absolute atomic E-state index is 13.7. The van der Waals surface area contributed by atoms with E-state index >= 15 is 0 Å². The van der Waals surface area contributed by atoms with Gasteiger partial charge in [0.15, 0.2) is 13.2 Å². The second kappa shape index (κ2) is 13.1.